The van der Waals surface area contributed by atoms with Gasteiger partial charge in [0.1, 0.15) is 17.2 Å². The second-order valence-corrected chi connectivity index (χ2v) is 13.9. The molecule has 0 heterocycles. The molecular weight excluding hydrogens is 577 g/mol. The summed E-state index contributed by atoms with van der Waals surface area (Å²) in [5, 5.41) is 9.67. The molecule has 0 aliphatic rings. The van der Waals surface area contributed by atoms with E-state index in [0.717, 1.165) is 53.7 Å². The lowest BCUT2D eigenvalue weighted by molar-refractivity contribution is -0.110. The summed E-state index contributed by atoms with van der Waals surface area (Å²) in [4.78, 5) is 13.2. The van der Waals surface area contributed by atoms with Crippen LogP contribution in [0.1, 0.15) is 49.3 Å². The predicted molar refractivity (Wildman–Crippen MR) is 171 cm³/mol. The molecule has 3 aromatic rings. The molecular formula is C32H40O6S3. The van der Waals surface area contributed by atoms with Gasteiger partial charge in [0.2, 0.25) is 5.12 Å². The van der Waals surface area contributed by atoms with Gasteiger partial charge in [0.15, 0.2) is 0 Å². The SMILES string of the molecule is CCCCCCSC(=O)[C@@H](Cc1ccc(CCOc2ccc(OS(C)(=O)=O)cc2)cc1)SCCc1ccc(O)cc1. The number of unbranched alkanes of at least 4 members (excludes halogenated alkanes) is 3. The number of phenols is 1. The van der Waals surface area contributed by atoms with Crippen LogP contribution >= 0.6 is 23.5 Å². The molecule has 0 unspecified atom stereocenters. The first kappa shape index (κ1) is 32.9. The number of ether oxygens (including phenoxy) is 1. The summed E-state index contributed by atoms with van der Waals surface area (Å²) in [6.07, 6.45) is 7.92. The summed E-state index contributed by atoms with van der Waals surface area (Å²) in [7, 11) is -3.55. The van der Waals surface area contributed by atoms with Gasteiger partial charge in [0.25, 0.3) is 0 Å². The zero-order valence-electron chi connectivity index (χ0n) is 23.8. The fraction of sp³-hybridized carbons (Fsp3) is 0.406. The molecule has 0 aliphatic carbocycles. The molecule has 6 nitrogen and oxygen atoms in total. The third-order valence-electron chi connectivity index (χ3n) is 6.33. The van der Waals surface area contributed by atoms with Crippen LogP contribution in [-0.4, -0.2) is 48.3 Å². The Morgan fingerprint density at radius 2 is 1.41 bits per heavy atom. The maximum atomic E-state index is 13.2. The number of thioether (sulfide) groups is 2. The lowest BCUT2D eigenvalue weighted by Gasteiger charge is -2.16. The van der Waals surface area contributed by atoms with E-state index in [1.54, 1.807) is 48.2 Å². The van der Waals surface area contributed by atoms with Crippen LogP contribution in [0.15, 0.2) is 72.8 Å². The van der Waals surface area contributed by atoms with Gasteiger partial charge in [-0.15, -0.1) is 11.8 Å². The number of hydrogen-bond donors (Lipinski definition) is 1. The number of benzene rings is 3. The van der Waals surface area contributed by atoms with Crippen molar-refractivity contribution in [3.63, 3.8) is 0 Å². The number of aromatic hydroxyl groups is 1. The molecule has 41 heavy (non-hydrogen) atoms. The Balaban J connectivity index is 1.50. The van der Waals surface area contributed by atoms with Gasteiger partial charge >= 0.3 is 10.1 Å². The molecule has 0 radical (unpaired) electrons. The van der Waals surface area contributed by atoms with Crippen molar-refractivity contribution in [3.8, 4) is 17.2 Å². The molecule has 0 saturated heterocycles. The van der Waals surface area contributed by atoms with Gasteiger partial charge in [-0.25, -0.2) is 0 Å². The number of carbonyl (C=O) groups excluding carboxylic acids is 1. The second-order valence-electron chi connectivity index (χ2n) is 9.88. The van der Waals surface area contributed by atoms with Gasteiger partial charge in [-0.05, 0) is 78.1 Å². The highest BCUT2D eigenvalue weighted by Crippen LogP contribution is 2.25. The van der Waals surface area contributed by atoms with Gasteiger partial charge in [-0.2, -0.15) is 8.42 Å². The molecule has 0 spiro atoms. The van der Waals surface area contributed by atoms with Gasteiger partial charge in [-0.3, -0.25) is 4.79 Å². The molecule has 9 heteroatoms. The van der Waals surface area contributed by atoms with E-state index >= 15 is 0 Å². The van der Waals surface area contributed by atoms with Gasteiger partial charge < -0.3 is 14.0 Å². The van der Waals surface area contributed by atoms with Crippen LogP contribution in [0.5, 0.6) is 17.2 Å². The van der Waals surface area contributed by atoms with E-state index in [1.807, 2.05) is 12.1 Å². The normalized spacial score (nSPS) is 12.1. The van der Waals surface area contributed by atoms with E-state index in [2.05, 4.69) is 31.2 Å². The number of phenolic OH excluding ortho intramolecular Hbond substituents is 1. The highest BCUT2D eigenvalue weighted by Gasteiger charge is 2.20. The number of carbonyl (C=O) groups is 1. The molecule has 0 aliphatic heterocycles. The van der Waals surface area contributed by atoms with Crippen LogP contribution in [0.25, 0.3) is 0 Å². The minimum atomic E-state index is -3.55. The van der Waals surface area contributed by atoms with Crippen LogP contribution in [0, 0.1) is 0 Å². The molecule has 0 amide bonds. The molecule has 1 N–H and O–H groups in total. The van der Waals surface area contributed by atoms with E-state index in [-0.39, 0.29) is 21.9 Å². The van der Waals surface area contributed by atoms with Crippen LogP contribution < -0.4 is 8.92 Å². The van der Waals surface area contributed by atoms with Crippen LogP contribution in [0.4, 0.5) is 0 Å². The lowest BCUT2D eigenvalue weighted by atomic mass is 10.1. The van der Waals surface area contributed by atoms with Crippen molar-refractivity contribution in [2.75, 3.05) is 24.4 Å². The fourth-order valence-electron chi connectivity index (χ4n) is 4.10. The number of rotatable bonds is 18. The number of aryl methyl sites for hydroxylation is 1. The smallest absolute Gasteiger partial charge is 0.306 e. The second kappa shape index (κ2) is 17.4. The summed E-state index contributed by atoms with van der Waals surface area (Å²) >= 11 is 3.19. The molecule has 0 saturated carbocycles. The van der Waals surface area contributed by atoms with Crippen molar-refractivity contribution >= 4 is 38.8 Å². The third kappa shape index (κ3) is 13.3. The van der Waals surface area contributed by atoms with Crippen LogP contribution in [-0.2, 0) is 34.2 Å². The Labute approximate surface area is 253 Å². The van der Waals surface area contributed by atoms with Crippen molar-refractivity contribution in [1.82, 2.24) is 0 Å². The highest BCUT2D eigenvalue weighted by molar-refractivity contribution is 8.16. The minimum Gasteiger partial charge on any atom is -0.508 e. The zero-order valence-corrected chi connectivity index (χ0v) is 26.2. The topological polar surface area (TPSA) is 89.9 Å². The zero-order chi connectivity index (χ0) is 29.5. The Kier molecular flexibility index (Phi) is 13.9. The van der Waals surface area contributed by atoms with Gasteiger partial charge in [0.05, 0.1) is 18.1 Å². The summed E-state index contributed by atoms with van der Waals surface area (Å²) in [5.41, 5.74) is 3.43. The van der Waals surface area contributed by atoms with Crippen molar-refractivity contribution in [3.05, 3.63) is 89.5 Å². The Morgan fingerprint density at radius 1 is 0.805 bits per heavy atom. The average molecular weight is 617 g/mol. The van der Waals surface area contributed by atoms with Crippen molar-refractivity contribution < 1.29 is 27.2 Å². The molecule has 0 fully saturated rings. The van der Waals surface area contributed by atoms with Crippen LogP contribution in [0.2, 0.25) is 0 Å². The summed E-state index contributed by atoms with van der Waals surface area (Å²) < 4.78 is 33.1. The standard InChI is InChI=1S/C32H40O6S3/c1-3-4-5-6-22-40-32(34)31(39-23-20-26-11-13-28(33)14-12-26)24-27-9-7-25(8-10-27)19-21-37-29-15-17-30(18-16-29)38-41(2,35)36/h7-18,31,33H,3-6,19-24H2,1-2H3/t31-/m1/s1. The van der Waals surface area contributed by atoms with Crippen LogP contribution in [0.3, 0.4) is 0 Å². The van der Waals surface area contributed by atoms with E-state index in [1.165, 1.54) is 31.0 Å². The maximum Gasteiger partial charge on any atom is 0.306 e. The summed E-state index contributed by atoms with van der Waals surface area (Å²) in [6.45, 7) is 2.67. The largest absolute Gasteiger partial charge is 0.508 e. The van der Waals surface area contributed by atoms with E-state index in [9.17, 15) is 18.3 Å². The van der Waals surface area contributed by atoms with Crippen molar-refractivity contribution in [1.29, 1.82) is 0 Å². The fourth-order valence-corrected chi connectivity index (χ4v) is 6.87. The van der Waals surface area contributed by atoms with Gasteiger partial charge in [-0.1, -0.05) is 74.3 Å². The third-order valence-corrected chi connectivity index (χ3v) is 9.26. The quantitative estimate of drug-likeness (QED) is 0.120. The maximum absolute atomic E-state index is 13.2. The highest BCUT2D eigenvalue weighted by atomic mass is 32.2. The first-order chi connectivity index (χ1) is 19.7. The summed E-state index contributed by atoms with van der Waals surface area (Å²) in [5.74, 6) is 2.87. The molecule has 1 atom stereocenters. The lowest BCUT2D eigenvalue weighted by Crippen LogP contribution is -2.18. The predicted octanol–water partition coefficient (Wildman–Crippen LogP) is 7.08. The van der Waals surface area contributed by atoms with E-state index < -0.39 is 10.1 Å². The molecule has 3 rings (SSSR count). The first-order valence-corrected chi connectivity index (χ1v) is 17.8. The summed E-state index contributed by atoms with van der Waals surface area (Å²) in [6, 6.07) is 22.1. The number of hydrogen-bond acceptors (Lipinski definition) is 8. The molecule has 222 valence electrons. The van der Waals surface area contributed by atoms with E-state index in [0.29, 0.717) is 18.8 Å². The average Bonchev–Trinajstić information content (AvgIpc) is 2.94. The van der Waals surface area contributed by atoms with Gasteiger partial charge in [0, 0.05) is 12.2 Å². The first-order valence-electron chi connectivity index (χ1n) is 14.0. The van der Waals surface area contributed by atoms with Crippen molar-refractivity contribution in [2.45, 2.75) is 57.1 Å². The minimum absolute atomic E-state index is 0.105. The Hall–Kier alpha value is -2.62. The molecule has 0 aromatic heterocycles. The monoisotopic (exact) mass is 616 g/mol. The van der Waals surface area contributed by atoms with E-state index in [4.69, 9.17) is 8.92 Å². The van der Waals surface area contributed by atoms with Crippen molar-refractivity contribution in [2.24, 2.45) is 0 Å². The Bertz CT molecular complexity index is 1290. The molecule has 0 bridgehead atoms. The Morgan fingerprint density at radius 3 is 2.07 bits per heavy atom. The molecule has 3 aromatic carbocycles.